The second-order valence-corrected chi connectivity index (χ2v) is 7.15. The number of nitro groups is 1. The molecule has 0 atom stereocenters. The van der Waals surface area contributed by atoms with Gasteiger partial charge in [-0.3, -0.25) is 20.2 Å². The minimum Gasteiger partial charge on any atom is -0.502 e. The van der Waals surface area contributed by atoms with Crippen LogP contribution in [0, 0.1) is 10.1 Å². The van der Waals surface area contributed by atoms with Gasteiger partial charge in [-0.2, -0.15) is 0 Å². The number of rotatable bonds is 4. The van der Waals surface area contributed by atoms with Crippen LogP contribution in [0.2, 0.25) is 0 Å². The minimum absolute atomic E-state index is 0.118. The number of anilines is 1. The molecule has 1 amide bonds. The molecule has 136 valence electrons. The Kier molecular flexibility index (Phi) is 4.33. The van der Waals surface area contributed by atoms with Crippen LogP contribution >= 0.6 is 11.3 Å². The number of benzene rings is 2. The summed E-state index contributed by atoms with van der Waals surface area (Å²) < 4.78 is 0. The Balaban J connectivity index is 1.51. The molecule has 1 aliphatic carbocycles. The smallest absolute Gasteiger partial charge is 0.310 e. The predicted octanol–water partition coefficient (Wildman–Crippen LogP) is 4.16. The summed E-state index contributed by atoms with van der Waals surface area (Å²) in [6.45, 7) is 0. The summed E-state index contributed by atoms with van der Waals surface area (Å²) in [5.41, 5.74) is 4.22. The second-order valence-electron chi connectivity index (χ2n) is 6.29. The maximum atomic E-state index is 12.3. The molecule has 1 aliphatic rings. The molecule has 0 fully saturated rings. The average molecular weight is 381 g/mol. The number of aromatic nitrogens is 1. The van der Waals surface area contributed by atoms with E-state index in [1.165, 1.54) is 35.0 Å². The molecule has 0 saturated carbocycles. The van der Waals surface area contributed by atoms with Crippen LogP contribution in [0.4, 0.5) is 10.8 Å². The number of carbonyl (C=O) groups excluding carboxylic acids is 1. The van der Waals surface area contributed by atoms with Gasteiger partial charge in [-0.05, 0) is 48.6 Å². The minimum atomic E-state index is -0.708. The molecule has 0 bridgehead atoms. The molecular formula is C19H15N3O4S. The fraction of sp³-hybridized carbons (Fsp3) is 0.158. The number of aromatic hydroxyl groups is 1. The number of phenolic OH excluding ortho intramolecular Hbond substituents is 1. The Morgan fingerprint density at radius 3 is 2.78 bits per heavy atom. The largest absolute Gasteiger partial charge is 0.502 e. The normalized spacial score (nSPS) is 12.6. The van der Waals surface area contributed by atoms with Crippen molar-refractivity contribution in [1.82, 2.24) is 4.98 Å². The van der Waals surface area contributed by atoms with Crippen LogP contribution in [0.15, 0.2) is 41.8 Å². The highest BCUT2D eigenvalue weighted by Gasteiger charge is 2.17. The number of carbonyl (C=O) groups is 1. The zero-order valence-corrected chi connectivity index (χ0v) is 15.0. The van der Waals surface area contributed by atoms with Gasteiger partial charge in [0.25, 0.3) is 5.91 Å². The van der Waals surface area contributed by atoms with Crippen molar-refractivity contribution in [3.8, 4) is 17.0 Å². The van der Waals surface area contributed by atoms with Crippen molar-refractivity contribution >= 4 is 28.1 Å². The summed E-state index contributed by atoms with van der Waals surface area (Å²) in [5, 5.41) is 25.4. The summed E-state index contributed by atoms with van der Waals surface area (Å²) in [4.78, 5) is 26.8. The van der Waals surface area contributed by atoms with Gasteiger partial charge in [0.2, 0.25) is 0 Å². The molecule has 3 aromatic rings. The average Bonchev–Trinajstić information content (AvgIpc) is 3.29. The summed E-state index contributed by atoms with van der Waals surface area (Å²) in [6.07, 6.45) is 3.38. The van der Waals surface area contributed by atoms with E-state index in [1.807, 2.05) is 11.4 Å². The first-order valence-electron chi connectivity index (χ1n) is 8.38. The summed E-state index contributed by atoms with van der Waals surface area (Å²) in [5.74, 6) is -1.04. The van der Waals surface area contributed by atoms with Crippen molar-refractivity contribution < 1.29 is 14.8 Å². The van der Waals surface area contributed by atoms with Gasteiger partial charge in [0.05, 0.1) is 10.6 Å². The van der Waals surface area contributed by atoms with Crippen LogP contribution in [-0.4, -0.2) is 20.9 Å². The lowest BCUT2D eigenvalue weighted by Gasteiger charge is -2.03. The van der Waals surface area contributed by atoms with Crippen LogP contribution in [0.25, 0.3) is 11.3 Å². The molecule has 0 spiro atoms. The standard InChI is InChI=1S/C19H15N3O4S/c23-17-9-14(6-7-16(17)22(25)26)18(24)21-19-20-15(10-27-19)13-5-4-11-2-1-3-12(11)8-13/h4-10,23H,1-3H2,(H,20,21,24). The first-order chi connectivity index (χ1) is 13.0. The fourth-order valence-electron chi connectivity index (χ4n) is 3.18. The van der Waals surface area contributed by atoms with Gasteiger partial charge in [0.15, 0.2) is 10.9 Å². The van der Waals surface area contributed by atoms with Crippen molar-refractivity contribution in [2.75, 3.05) is 5.32 Å². The third-order valence-corrected chi connectivity index (χ3v) is 5.31. The van der Waals surface area contributed by atoms with Crippen LogP contribution < -0.4 is 5.32 Å². The van der Waals surface area contributed by atoms with Crippen molar-refractivity contribution in [2.24, 2.45) is 0 Å². The maximum absolute atomic E-state index is 12.3. The van der Waals surface area contributed by atoms with Gasteiger partial charge in [-0.25, -0.2) is 4.98 Å². The van der Waals surface area contributed by atoms with E-state index < -0.39 is 22.3 Å². The van der Waals surface area contributed by atoms with Gasteiger partial charge in [0.1, 0.15) is 0 Å². The first-order valence-corrected chi connectivity index (χ1v) is 9.26. The number of amides is 1. The lowest BCUT2D eigenvalue weighted by atomic mass is 10.1. The highest BCUT2D eigenvalue weighted by Crippen LogP contribution is 2.31. The quantitative estimate of drug-likeness (QED) is 0.521. The van der Waals surface area contributed by atoms with Crippen LogP contribution in [0.5, 0.6) is 5.75 Å². The molecule has 0 radical (unpaired) electrons. The highest BCUT2D eigenvalue weighted by molar-refractivity contribution is 7.14. The van der Waals surface area contributed by atoms with E-state index in [1.54, 1.807) is 0 Å². The molecule has 1 heterocycles. The molecule has 8 heteroatoms. The molecular weight excluding hydrogens is 366 g/mol. The van der Waals surface area contributed by atoms with Crippen molar-refractivity contribution in [2.45, 2.75) is 19.3 Å². The highest BCUT2D eigenvalue weighted by atomic mass is 32.1. The third-order valence-electron chi connectivity index (χ3n) is 4.55. The van der Waals surface area contributed by atoms with E-state index in [2.05, 4.69) is 22.4 Å². The predicted molar refractivity (Wildman–Crippen MR) is 102 cm³/mol. The van der Waals surface area contributed by atoms with E-state index in [0.717, 1.165) is 36.2 Å². The lowest BCUT2D eigenvalue weighted by molar-refractivity contribution is -0.385. The number of nitro benzene ring substituents is 1. The van der Waals surface area contributed by atoms with E-state index in [9.17, 15) is 20.0 Å². The zero-order valence-electron chi connectivity index (χ0n) is 14.1. The Morgan fingerprint density at radius 1 is 1.19 bits per heavy atom. The monoisotopic (exact) mass is 381 g/mol. The number of phenols is 1. The second kappa shape index (κ2) is 6.81. The number of hydrogen-bond donors (Lipinski definition) is 2. The Bertz CT molecular complexity index is 1060. The molecule has 2 aromatic carbocycles. The topological polar surface area (TPSA) is 105 Å². The Hall–Kier alpha value is -3.26. The van der Waals surface area contributed by atoms with Gasteiger partial charge < -0.3 is 5.11 Å². The van der Waals surface area contributed by atoms with Gasteiger partial charge in [-0.15, -0.1) is 11.3 Å². The van der Waals surface area contributed by atoms with Crippen LogP contribution in [0.1, 0.15) is 27.9 Å². The molecule has 1 aromatic heterocycles. The number of thiazole rings is 1. The van der Waals surface area contributed by atoms with E-state index in [4.69, 9.17) is 0 Å². The van der Waals surface area contributed by atoms with E-state index in [0.29, 0.717) is 5.13 Å². The molecule has 7 nitrogen and oxygen atoms in total. The van der Waals surface area contributed by atoms with Crippen molar-refractivity contribution in [3.05, 3.63) is 68.6 Å². The van der Waals surface area contributed by atoms with Crippen LogP contribution in [0.3, 0.4) is 0 Å². The first kappa shape index (κ1) is 17.2. The lowest BCUT2D eigenvalue weighted by Crippen LogP contribution is -2.11. The SMILES string of the molecule is O=C(Nc1nc(-c2ccc3c(c2)CCC3)cs1)c1ccc([N+](=O)[O-])c(O)c1. The molecule has 27 heavy (non-hydrogen) atoms. The summed E-state index contributed by atoms with van der Waals surface area (Å²) in [7, 11) is 0. The third kappa shape index (κ3) is 3.39. The molecule has 0 saturated heterocycles. The molecule has 0 aliphatic heterocycles. The van der Waals surface area contributed by atoms with Crippen LogP contribution in [-0.2, 0) is 12.8 Å². The molecule has 4 rings (SSSR count). The number of aryl methyl sites for hydroxylation is 2. The van der Waals surface area contributed by atoms with Gasteiger partial charge in [-0.1, -0.05) is 12.1 Å². The van der Waals surface area contributed by atoms with Crippen molar-refractivity contribution in [3.63, 3.8) is 0 Å². The maximum Gasteiger partial charge on any atom is 0.310 e. The summed E-state index contributed by atoms with van der Waals surface area (Å²) >= 11 is 1.30. The fourth-order valence-corrected chi connectivity index (χ4v) is 3.90. The number of nitrogens with zero attached hydrogens (tertiary/aromatic N) is 2. The van der Waals surface area contributed by atoms with E-state index in [-0.39, 0.29) is 5.56 Å². The number of nitrogens with one attached hydrogen (secondary N) is 1. The number of fused-ring (bicyclic) bond motifs is 1. The Labute approximate surface area is 158 Å². The molecule has 2 N–H and O–H groups in total. The molecule has 0 unspecified atom stereocenters. The van der Waals surface area contributed by atoms with Crippen molar-refractivity contribution in [1.29, 1.82) is 0 Å². The summed E-state index contributed by atoms with van der Waals surface area (Å²) in [6, 6.07) is 9.79. The van der Waals surface area contributed by atoms with Gasteiger partial charge in [0, 0.05) is 22.6 Å². The van der Waals surface area contributed by atoms with Gasteiger partial charge >= 0.3 is 5.69 Å². The zero-order chi connectivity index (χ0) is 19.0. The van der Waals surface area contributed by atoms with E-state index >= 15 is 0 Å². The number of hydrogen-bond acceptors (Lipinski definition) is 6. The Morgan fingerprint density at radius 2 is 2.00 bits per heavy atom.